The van der Waals surface area contributed by atoms with E-state index in [1.54, 1.807) is 0 Å². The second-order valence-electron chi connectivity index (χ2n) is 3.05. The van der Waals surface area contributed by atoms with Gasteiger partial charge in [0.15, 0.2) is 5.82 Å². The SMILES string of the molecule is CCCc1nc(C(Cl)CCC)no1. The molecule has 0 saturated heterocycles. The van der Waals surface area contributed by atoms with Gasteiger partial charge in [-0.1, -0.05) is 25.4 Å². The predicted octanol–water partition coefficient (Wildman–Crippen LogP) is 3.10. The van der Waals surface area contributed by atoms with Crippen LogP contribution in [0.3, 0.4) is 0 Å². The molecule has 0 fully saturated rings. The Hall–Kier alpha value is -0.570. The van der Waals surface area contributed by atoms with Gasteiger partial charge in [0.2, 0.25) is 5.89 Å². The molecule has 0 radical (unpaired) electrons. The van der Waals surface area contributed by atoms with Gasteiger partial charge in [-0.05, 0) is 12.8 Å². The second kappa shape index (κ2) is 5.22. The molecule has 0 bridgehead atoms. The van der Waals surface area contributed by atoms with Crippen molar-refractivity contribution in [3.63, 3.8) is 0 Å². The lowest BCUT2D eigenvalue weighted by atomic mass is 10.2. The third-order valence-corrected chi connectivity index (χ3v) is 2.18. The van der Waals surface area contributed by atoms with Crippen LogP contribution >= 0.6 is 11.6 Å². The van der Waals surface area contributed by atoms with Crippen molar-refractivity contribution in [1.82, 2.24) is 10.1 Å². The van der Waals surface area contributed by atoms with E-state index in [0.717, 1.165) is 25.7 Å². The van der Waals surface area contributed by atoms with Crippen LogP contribution in [0.5, 0.6) is 0 Å². The Morgan fingerprint density at radius 1 is 1.38 bits per heavy atom. The van der Waals surface area contributed by atoms with Crippen molar-refractivity contribution in [2.75, 3.05) is 0 Å². The standard InChI is InChI=1S/C9H15ClN2O/c1-3-5-7(10)9-11-8(6-4-2)13-12-9/h7H,3-6H2,1-2H3. The van der Waals surface area contributed by atoms with Gasteiger partial charge in [0.25, 0.3) is 0 Å². The fourth-order valence-electron chi connectivity index (χ4n) is 1.09. The van der Waals surface area contributed by atoms with Crippen LogP contribution in [0.4, 0.5) is 0 Å². The average molecular weight is 203 g/mol. The molecule has 0 N–H and O–H groups in total. The van der Waals surface area contributed by atoms with Crippen LogP contribution in [0.15, 0.2) is 4.52 Å². The first-order valence-corrected chi connectivity index (χ1v) is 5.18. The highest BCUT2D eigenvalue weighted by Crippen LogP contribution is 2.22. The lowest BCUT2D eigenvalue weighted by Gasteiger charge is -1.99. The Bertz CT molecular complexity index is 250. The number of rotatable bonds is 5. The smallest absolute Gasteiger partial charge is 0.226 e. The molecule has 0 aliphatic carbocycles. The first kappa shape index (κ1) is 10.5. The fourth-order valence-corrected chi connectivity index (χ4v) is 1.40. The quantitative estimate of drug-likeness (QED) is 0.689. The van der Waals surface area contributed by atoms with Crippen molar-refractivity contribution in [2.45, 2.75) is 44.9 Å². The number of hydrogen-bond donors (Lipinski definition) is 0. The highest BCUT2D eigenvalue weighted by molar-refractivity contribution is 6.20. The molecule has 4 heteroatoms. The van der Waals surface area contributed by atoms with Crippen LogP contribution in [0.1, 0.15) is 50.2 Å². The van der Waals surface area contributed by atoms with E-state index in [4.69, 9.17) is 16.1 Å². The summed E-state index contributed by atoms with van der Waals surface area (Å²) in [5, 5.41) is 3.74. The molecule has 0 amide bonds. The molecule has 0 saturated carbocycles. The maximum absolute atomic E-state index is 6.03. The minimum atomic E-state index is -0.0978. The van der Waals surface area contributed by atoms with Crippen LogP contribution < -0.4 is 0 Å². The van der Waals surface area contributed by atoms with E-state index in [9.17, 15) is 0 Å². The normalized spacial score (nSPS) is 13.2. The fraction of sp³-hybridized carbons (Fsp3) is 0.778. The molecule has 1 aromatic heterocycles. The van der Waals surface area contributed by atoms with Crippen LogP contribution in [0, 0.1) is 0 Å². The first-order chi connectivity index (χ1) is 6.27. The maximum Gasteiger partial charge on any atom is 0.226 e. The third-order valence-electron chi connectivity index (χ3n) is 1.77. The van der Waals surface area contributed by atoms with Crippen LogP contribution in [-0.4, -0.2) is 10.1 Å². The molecule has 74 valence electrons. The monoisotopic (exact) mass is 202 g/mol. The van der Waals surface area contributed by atoms with Gasteiger partial charge in [-0.15, -0.1) is 11.6 Å². The van der Waals surface area contributed by atoms with Gasteiger partial charge in [0, 0.05) is 6.42 Å². The summed E-state index contributed by atoms with van der Waals surface area (Å²) in [6.45, 7) is 4.16. The van der Waals surface area contributed by atoms with Crippen molar-refractivity contribution in [3.05, 3.63) is 11.7 Å². The topological polar surface area (TPSA) is 38.9 Å². The van der Waals surface area contributed by atoms with E-state index in [0.29, 0.717) is 11.7 Å². The molecule has 0 aliphatic rings. The number of alkyl halides is 1. The largest absolute Gasteiger partial charge is 0.339 e. The Morgan fingerprint density at radius 2 is 2.15 bits per heavy atom. The Kier molecular flexibility index (Phi) is 4.22. The van der Waals surface area contributed by atoms with Crippen molar-refractivity contribution >= 4 is 11.6 Å². The van der Waals surface area contributed by atoms with Gasteiger partial charge in [0.05, 0.1) is 5.38 Å². The Morgan fingerprint density at radius 3 is 2.77 bits per heavy atom. The molecule has 3 nitrogen and oxygen atoms in total. The third kappa shape index (κ3) is 2.99. The van der Waals surface area contributed by atoms with Gasteiger partial charge in [-0.3, -0.25) is 0 Å². The molecule has 0 aromatic carbocycles. The maximum atomic E-state index is 6.03. The number of nitrogens with zero attached hydrogens (tertiary/aromatic N) is 2. The highest BCUT2D eigenvalue weighted by atomic mass is 35.5. The molecular formula is C9H15ClN2O. The molecule has 1 heterocycles. The second-order valence-corrected chi connectivity index (χ2v) is 3.58. The van der Waals surface area contributed by atoms with E-state index >= 15 is 0 Å². The Balaban J connectivity index is 2.56. The van der Waals surface area contributed by atoms with E-state index in [2.05, 4.69) is 24.0 Å². The van der Waals surface area contributed by atoms with Crippen LogP contribution in [0.2, 0.25) is 0 Å². The molecule has 1 atom stereocenters. The zero-order chi connectivity index (χ0) is 9.68. The van der Waals surface area contributed by atoms with E-state index in [1.165, 1.54) is 0 Å². The van der Waals surface area contributed by atoms with Crippen molar-refractivity contribution < 1.29 is 4.52 Å². The zero-order valence-corrected chi connectivity index (χ0v) is 8.84. The van der Waals surface area contributed by atoms with Crippen LogP contribution in [-0.2, 0) is 6.42 Å². The van der Waals surface area contributed by atoms with Crippen molar-refractivity contribution in [1.29, 1.82) is 0 Å². The number of aryl methyl sites for hydroxylation is 1. The first-order valence-electron chi connectivity index (χ1n) is 4.74. The number of aromatic nitrogens is 2. The summed E-state index contributed by atoms with van der Waals surface area (Å²) in [6.07, 6.45) is 3.78. The summed E-state index contributed by atoms with van der Waals surface area (Å²) >= 11 is 6.03. The predicted molar refractivity (Wildman–Crippen MR) is 51.8 cm³/mol. The summed E-state index contributed by atoms with van der Waals surface area (Å²) in [5.74, 6) is 1.33. The molecule has 1 rings (SSSR count). The van der Waals surface area contributed by atoms with Crippen molar-refractivity contribution in [2.24, 2.45) is 0 Å². The van der Waals surface area contributed by atoms with Crippen LogP contribution in [0.25, 0.3) is 0 Å². The minimum Gasteiger partial charge on any atom is -0.339 e. The minimum absolute atomic E-state index is 0.0978. The van der Waals surface area contributed by atoms with E-state index in [-0.39, 0.29) is 5.38 Å². The van der Waals surface area contributed by atoms with E-state index in [1.807, 2.05) is 0 Å². The Labute approximate surface area is 83.5 Å². The zero-order valence-electron chi connectivity index (χ0n) is 8.09. The average Bonchev–Trinajstić information content (AvgIpc) is 2.54. The van der Waals surface area contributed by atoms with Gasteiger partial charge in [-0.25, -0.2) is 0 Å². The molecule has 1 unspecified atom stereocenters. The number of halogens is 1. The molecule has 1 aromatic rings. The number of hydrogen-bond acceptors (Lipinski definition) is 3. The summed E-state index contributed by atoms with van der Waals surface area (Å²) in [4.78, 5) is 4.21. The van der Waals surface area contributed by atoms with Gasteiger partial charge in [0.1, 0.15) is 0 Å². The summed E-state index contributed by atoms with van der Waals surface area (Å²) in [7, 11) is 0. The molecule has 0 spiro atoms. The van der Waals surface area contributed by atoms with E-state index < -0.39 is 0 Å². The molecule has 0 aliphatic heterocycles. The lowest BCUT2D eigenvalue weighted by molar-refractivity contribution is 0.371. The molecule has 13 heavy (non-hydrogen) atoms. The van der Waals surface area contributed by atoms with Gasteiger partial charge in [-0.2, -0.15) is 4.98 Å². The van der Waals surface area contributed by atoms with Crippen molar-refractivity contribution in [3.8, 4) is 0 Å². The molecular weight excluding hydrogens is 188 g/mol. The van der Waals surface area contributed by atoms with Gasteiger partial charge < -0.3 is 4.52 Å². The van der Waals surface area contributed by atoms with Gasteiger partial charge >= 0.3 is 0 Å². The highest BCUT2D eigenvalue weighted by Gasteiger charge is 2.13. The summed E-state index contributed by atoms with van der Waals surface area (Å²) in [5.41, 5.74) is 0. The lowest BCUT2D eigenvalue weighted by Crippen LogP contribution is -1.93. The summed E-state index contributed by atoms with van der Waals surface area (Å²) in [6, 6.07) is 0. The summed E-state index contributed by atoms with van der Waals surface area (Å²) < 4.78 is 5.03.